The van der Waals surface area contributed by atoms with Crippen molar-refractivity contribution >= 4 is 11.6 Å². The summed E-state index contributed by atoms with van der Waals surface area (Å²) in [7, 11) is 0. The zero-order valence-electron chi connectivity index (χ0n) is 12.1. The molecule has 0 bridgehead atoms. The van der Waals surface area contributed by atoms with Gasteiger partial charge in [-0.25, -0.2) is 0 Å². The molecule has 3 heteroatoms. The molecule has 0 aromatic heterocycles. The second-order valence-corrected chi connectivity index (χ2v) is 5.60. The number of halogens is 1. The van der Waals surface area contributed by atoms with Crippen molar-refractivity contribution in [1.29, 1.82) is 0 Å². The molecule has 0 fully saturated rings. The number of hydrogen-bond donors (Lipinski definition) is 1. The van der Waals surface area contributed by atoms with Crippen LogP contribution in [0.15, 0.2) is 36.4 Å². The Kier molecular flexibility index (Phi) is 4.69. The highest BCUT2D eigenvalue weighted by atomic mass is 35.5. The zero-order chi connectivity index (χ0) is 14.7. The quantitative estimate of drug-likeness (QED) is 0.896. The number of aryl methyl sites for hydroxylation is 2. The van der Waals surface area contributed by atoms with Gasteiger partial charge in [0.1, 0.15) is 12.4 Å². The first-order valence-electron chi connectivity index (χ1n) is 6.71. The maximum atomic E-state index is 6.23. The predicted octanol–water partition coefficient (Wildman–Crippen LogP) is 4.56. The van der Waals surface area contributed by atoms with Crippen LogP contribution in [-0.2, 0) is 6.61 Å². The van der Waals surface area contributed by atoms with E-state index in [1.54, 1.807) is 0 Å². The summed E-state index contributed by atoms with van der Waals surface area (Å²) < 4.78 is 5.82. The molecule has 2 N–H and O–H groups in total. The number of rotatable bonds is 4. The molecular formula is C17H20ClNO. The summed E-state index contributed by atoms with van der Waals surface area (Å²) in [5.41, 5.74) is 10.5. The van der Waals surface area contributed by atoms with Crippen molar-refractivity contribution < 1.29 is 4.74 Å². The average Bonchev–Trinajstić information content (AvgIpc) is 2.40. The van der Waals surface area contributed by atoms with Gasteiger partial charge in [0.2, 0.25) is 0 Å². The van der Waals surface area contributed by atoms with Gasteiger partial charge in [0.05, 0.1) is 5.02 Å². The van der Waals surface area contributed by atoms with Crippen molar-refractivity contribution in [2.75, 3.05) is 0 Å². The van der Waals surface area contributed by atoms with Gasteiger partial charge in [-0.05, 0) is 49.6 Å². The van der Waals surface area contributed by atoms with Crippen LogP contribution in [0.5, 0.6) is 5.75 Å². The van der Waals surface area contributed by atoms with E-state index in [1.165, 1.54) is 16.7 Å². The average molecular weight is 290 g/mol. The molecule has 0 radical (unpaired) electrons. The third-order valence-electron chi connectivity index (χ3n) is 3.37. The highest BCUT2D eigenvalue weighted by Crippen LogP contribution is 2.28. The standard InChI is InChI=1S/C17H20ClNO/c1-11-4-5-12(2)15(8-11)10-20-17-7-6-14(13(3)19)9-16(17)18/h4-9,13H,10,19H2,1-3H3/t13-/m0/s1. The molecule has 0 aliphatic carbocycles. The number of benzene rings is 2. The van der Waals surface area contributed by atoms with E-state index in [1.807, 2.05) is 25.1 Å². The summed E-state index contributed by atoms with van der Waals surface area (Å²) in [5.74, 6) is 0.692. The van der Waals surface area contributed by atoms with Gasteiger partial charge >= 0.3 is 0 Å². The van der Waals surface area contributed by atoms with Gasteiger partial charge in [-0.2, -0.15) is 0 Å². The van der Waals surface area contributed by atoms with Crippen LogP contribution < -0.4 is 10.5 Å². The van der Waals surface area contributed by atoms with Crippen LogP contribution in [0.1, 0.15) is 35.2 Å². The minimum absolute atomic E-state index is 0.0273. The normalized spacial score (nSPS) is 12.2. The van der Waals surface area contributed by atoms with Gasteiger partial charge in [0.25, 0.3) is 0 Å². The first kappa shape index (κ1) is 14.9. The second kappa shape index (κ2) is 6.29. The van der Waals surface area contributed by atoms with E-state index in [-0.39, 0.29) is 6.04 Å². The minimum atomic E-state index is -0.0273. The molecule has 1 atom stereocenters. The summed E-state index contributed by atoms with van der Waals surface area (Å²) in [6.45, 7) is 6.61. The van der Waals surface area contributed by atoms with E-state index >= 15 is 0 Å². The highest BCUT2D eigenvalue weighted by molar-refractivity contribution is 6.32. The molecule has 0 saturated carbocycles. The first-order chi connectivity index (χ1) is 9.47. The molecule has 106 valence electrons. The second-order valence-electron chi connectivity index (χ2n) is 5.20. The van der Waals surface area contributed by atoms with Crippen LogP contribution in [0.2, 0.25) is 5.02 Å². The van der Waals surface area contributed by atoms with Gasteiger partial charge in [-0.3, -0.25) is 0 Å². The summed E-state index contributed by atoms with van der Waals surface area (Å²) in [6.07, 6.45) is 0. The SMILES string of the molecule is Cc1ccc(C)c(COc2ccc([C@H](C)N)cc2Cl)c1. The van der Waals surface area contributed by atoms with Crippen molar-refractivity contribution in [3.63, 3.8) is 0 Å². The Morgan fingerprint density at radius 2 is 1.90 bits per heavy atom. The van der Waals surface area contributed by atoms with Gasteiger partial charge in [0, 0.05) is 6.04 Å². The molecule has 2 nitrogen and oxygen atoms in total. The van der Waals surface area contributed by atoms with E-state index in [4.69, 9.17) is 22.1 Å². The first-order valence-corrected chi connectivity index (χ1v) is 7.09. The smallest absolute Gasteiger partial charge is 0.138 e. The lowest BCUT2D eigenvalue weighted by Crippen LogP contribution is -2.05. The topological polar surface area (TPSA) is 35.2 Å². The van der Waals surface area contributed by atoms with Crippen molar-refractivity contribution in [3.05, 3.63) is 63.7 Å². The molecule has 0 aliphatic heterocycles. The Hall–Kier alpha value is -1.51. The lowest BCUT2D eigenvalue weighted by molar-refractivity contribution is 0.305. The van der Waals surface area contributed by atoms with E-state index in [9.17, 15) is 0 Å². The Morgan fingerprint density at radius 3 is 2.55 bits per heavy atom. The van der Waals surface area contributed by atoms with Crippen molar-refractivity contribution in [2.24, 2.45) is 5.73 Å². The Bertz CT molecular complexity index is 608. The lowest BCUT2D eigenvalue weighted by Gasteiger charge is -2.13. The van der Waals surface area contributed by atoms with E-state index in [2.05, 4.69) is 32.0 Å². The summed E-state index contributed by atoms with van der Waals surface area (Å²) in [4.78, 5) is 0. The monoisotopic (exact) mass is 289 g/mol. The van der Waals surface area contributed by atoms with Crippen molar-refractivity contribution in [2.45, 2.75) is 33.4 Å². The summed E-state index contributed by atoms with van der Waals surface area (Å²) in [6, 6.07) is 12.0. The maximum Gasteiger partial charge on any atom is 0.138 e. The Morgan fingerprint density at radius 1 is 1.15 bits per heavy atom. The Balaban J connectivity index is 2.13. The fraction of sp³-hybridized carbons (Fsp3) is 0.294. The molecule has 0 spiro atoms. The molecule has 0 unspecified atom stereocenters. The van der Waals surface area contributed by atoms with Crippen molar-refractivity contribution in [1.82, 2.24) is 0 Å². The van der Waals surface area contributed by atoms with Crippen LogP contribution in [0.3, 0.4) is 0 Å². The molecule has 0 amide bonds. The predicted molar refractivity (Wildman–Crippen MR) is 84.3 cm³/mol. The van der Waals surface area contributed by atoms with Crippen LogP contribution in [0, 0.1) is 13.8 Å². The number of hydrogen-bond acceptors (Lipinski definition) is 2. The van der Waals surface area contributed by atoms with Crippen LogP contribution in [0.4, 0.5) is 0 Å². The molecule has 20 heavy (non-hydrogen) atoms. The fourth-order valence-corrected chi connectivity index (χ4v) is 2.27. The zero-order valence-corrected chi connectivity index (χ0v) is 12.9. The molecule has 0 heterocycles. The molecule has 2 aromatic rings. The minimum Gasteiger partial charge on any atom is -0.487 e. The van der Waals surface area contributed by atoms with E-state index in [0.717, 1.165) is 5.56 Å². The Labute approximate surface area is 125 Å². The van der Waals surface area contributed by atoms with Crippen LogP contribution in [-0.4, -0.2) is 0 Å². The molecule has 2 rings (SSSR count). The molecule has 2 aromatic carbocycles. The van der Waals surface area contributed by atoms with E-state index in [0.29, 0.717) is 17.4 Å². The van der Waals surface area contributed by atoms with Crippen LogP contribution in [0.25, 0.3) is 0 Å². The maximum absolute atomic E-state index is 6.23. The highest BCUT2D eigenvalue weighted by Gasteiger charge is 2.07. The third-order valence-corrected chi connectivity index (χ3v) is 3.66. The lowest BCUT2D eigenvalue weighted by atomic mass is 10.1. The third kappa shape index (κ3) is 3.53. The van der Waals surface area contributed by atoms with Gasteiger partial charge in [0.15, 0.2) is 0 Å². The summed E-state index contributed by atoms with van der Waals surface area (Å²) in [5, 5.41) is 0.602. The van der Waals surface area contributed by atoms with Gasteiger partial charge < -0.3 is 10.5 Å². The number of ether oxygens (including phenoxy) is 1. The van der Waals surface area contributed by atoms with Gasteiger partial charge in [-0.15, -0.1) is 0 Å². The molecule has 0 aliphatic rings. The number of nitrogens with two attached hydrogens (primary N) is 1. The van der Waals surface area contributed by atoms with E-state index < -0.39 is 0 Å². The van der Waals surface area contributed by atoms with Gasteiger partial charge in [-0.1, -0.05) is 41.4 Å². The van der Waals surface area contributed by atoms with Crippen molar-refractivity contribution in [3.8, 4) is 5.75 Å². The summed E-state index contributed by atoms with van der Waals surface area (Å²) >= 11 is 6.23. The molecular weight excluding hydrogens is 270 g/mol. The largest absolute Gasteiger partial charge is 0.487 e. The van der Waals surface area contributed by atoms with Crippen LogP contribution >= 0.6 is 11.6 Å². The molecule has 0 saturated heterocycles. The fourth-order valence-electron chi connectivity index (χ4n) is 2.03.